The van der Waals surface area contributed by atoms with Crippen molar-refractivity contribution in [3.63, 3.8) is 0 Å². The molecule has 0 radical (unpaired) electrons. The second-order valence-corrected chi connectivity index (χ2v) is 6.72. The fraction of sp³-hybridized carbons (Fsp3) is 0.333. The lowest BCUT2D eigenvalue weighted by Gasteiger charge is -2.23. The Morgan fingerprint density at radius 2 is 1.74 bits per heavy atom. The molecule has 8 heteroatoms. The van der Waals surface area contributed by atoms with E-state index in [1.165, 1.54) is 11.8 Å². The molecule has 23 heavy (non-hydrogen) atoms. The SMILES string of the molecule is CCN(CC)/C(SCc1ccccc1)=C(/C(Cl)=C(Cl)Cl)[N+](=O)[O-]. The molecule has 0 heterocycles. The Labute approximate surface area is 155 Å². The fourth-order valence-corrected chi connectivity index (χ4v) is 3.53. The van der Waals surface area contributed by atoms with Crippen LogP contribution in [0.2, 0.25) is 0 Å². The minimum absolute atomic E-state index is 0.249. The molecule has 0 spiro atoms. The molecule has 0 saturated heterocycles. The summed E-state index contributed by atoms with van der Waals surface area (Å²) in [6.07, 6.45) is 0. The second-order valence-electron chi connectivity index (χ2n) is 4.43. The van der Waals surface area contributed by atoms with E-state index in [-0.39, 0.29) is 15.2 Å². The first kappa shape index (κ1) is 20.2. The Morgan fingerprint density at radius 3 is 2.17 bits per heavy atom. The van der Waals surface area contributed by atoms with Crippen LogP contribution >= 0.6 is 46.6 Å². The van der Waals surface area contributed by atoms with Crippen molar-refractivity contribution in [2.45, 2.75) is 19.6 Å². The van der Waals surface area contributed by atoms with Gasteiger partial charge >= 0.3 is 5.70 Å². The third-order valence-corrected chi connectivity index (χ3v) is 5.17. The average Bonchev–Trinajstić information content (AvgIpc) is 2.53. The highest BCUT2D eigenvalue weighted by atomic mass is 35.5. The Balaban J connectivity index is 3.28. The monoisotopic (exact) mass is 394 g/mol. The summed E-state index contributed by atoms with van der Waals surface area (Å²) in [5.41, 5.74) is 0.790. The van der Waals surface area contributed by atoms with Crippen molar-refractivity contribution in [1.29, 1.82) is 0 Å². The van der Waals surface area contributed by atoms with E-state index in [1.807, 2.05) is 49.1 Å². The number of nitrogens with zero attached hydrogens (tertiary/aromatic N) is 2. The van der Waals surface area contributed by atoms with Gasteiger partial charge < -0.3 is 4.90 Å². The lowest BCUT2D eigenvalue weighted by Crippen LogP contribution is -2.24. The molecule has 0 bridgehead atoms. The maximum absolute atomic E-state index is 11.5. The minimum Gasteiger partial charge on any atom is -0.361 e. The molecule has 0 aliphatic heterocycles. The second kappa shape index (κ2) is 10.1. The number of rotatable bonds is 8. The van der Waals surface area contributed by atoms with Crippen molar-refractivity contribution in [2.75, 3.05) is 13.1 Å². The predicted molar refractivity (Wildman–Crippen MR) is 99.3 cm³/mol. The Bertz CT molecular complexity index is 598. The minimum atomic E-state index is -0.543. The van der Waals surface area contributed by atoms with Crippen LogP contribution in [0.3, 0.4) is 0 Å². The van der Waals surface area contributed by atoms with Crippen molar-refractivity contribution in [3.8, 4) is 0 Å². The molecule has 0 amide bonds. The number of halogens is 3. The number of thioether (sulfide) groups is 1. The van der Waals surface area contributed by atoms with Gasteiger partial charge in [-0.15, -0.1) is 0 Å². The van der Waals surface area contributed by atoms with Gasteiger partial charge in [0.05, 0.1) is 4.92 Å². The molecule has 1 aromatic carbocycles. The number of hydrogen-bond donors (Lipinski definition) is 0. The zero-order valence-electron chi connectivity index (χ0n) is 12.8. The third kappa shape index (κ3) is 5.92. The molecule has 1 rings (SSSR count). The molecule has 0 N–H and O–H groups in total. The Hall–Kier alpha value is -0.880. The van der Waals surface area contributed by atoms with E-state index < -0.39 is 4.92 Å². The molecule has 0 saturated carbocycles. The van der Waals surface area contributed by atoms with Gasteiger partial charge in [-0.2, -0.15) is 0 Å². The molecule has 0 aromatic heterocycles. The molecule has 1 aromatic rings. The molecule has 4 nitrogen and oxygen atoms in total. The average molecular weight is 396 g/mol. The fourth-order valence-electron chi connectivity index (χ4n) is 1.89. The molecule has 0 atom stereocenters. The summed E-state index contributed by atoms with van der Waals surface area (Å²) < 4.78 is -0.316. The smallest absolute Gasteiger partial charge is 0.319 e. The summed E-state index contributed by atoms with van der Waals surface area (Å²) in [4.78, 5) is 12.8. The van der Waals surface area contributed by atoms with Crippen molar-refractivity contribution in [2.24, 2.45) is 0 Å². The zero-order chi connectivity index (χ0) is 17.4. The van der Waals surface area contributed by atoms with Crippen molar-refractivity contribution < 1.29 is 4.92 Å². The quantitative estimate of drug-likeness (QED) is 0.327. The van der Waals surface area contributed by atoms with Crippen LogP contribution < -0.4 is 0 Å². The zero-order valence-corrected chi connectivity index (χ0v) is 15.8. The van der Waals surface area contributed by atoms with Crippen LogP contribution in [0.5, 0.6) is 0 Å². The van der Waals surface area contributed by atoms with Crippen LogP contribution in [0.15, 0.2) is 50.6 Å². The highest BCUT2D eigenvalue weighted by Crippen LogP contribution is 2.35. The van der Waals surface area contributed by atoms with Crippen molar-refractivity contribution in [1.82, 2.24) is 4.90 Å². The first-order valence-corrected chi connectivity index (χ1v) is 9.05. The summed E-state index contributed by atoms with van der Waals surface area (Å²) in [7, 11) is 0. The summed E-state index contributed by atoms with van der Waals surface area (Å²) in [6, 6.07) is 9.70. The summed E-state index contributed by atoms with van der Waals surface area (Å²) >= 11 is 18.7. The topological polar surface area (TPSA) is 46.4 Å². The van der Waals surface area contributed by atoms with E-state index in [1.54, 1.807) is 0 Å². The first-order chi connectivity index (χ1) is 10.9. The Kier molecular flexibility index (Phi) is 8.84. The highest BCUT2D eigenvalue weighted by Gasteiger charge is 2.28. The number of benzene rings is 1. The predicted octanol–water partition coefficient (Wildman–Crippen LogP) is 5.59. The van der Waals surface area contributed by atoms with Crippen molar-refractivity contribution in [3.05, 3.63) is 66.3 Å². The molecule has 0 unspecified atom stereocenters. The van der Waals surface area contributed by atoms with Crippen molar-refractivity contribution >= 4 is 46.6 Å². The lowest BCUT2D eigenvalue weighted by atomic mass is 10.2. The van der Waals surface area contributed by atoms with Crippen LogP contribution in [-0.4, -0.2) is 22.9 Å². The Morgan fingerprint density at radius 1 is 1.17 bits per heavy atom. The summed E-state index contributed by atoms with van der Waals surface area (Å²) in [5, 5.41) is 11.7. The largest absolute Gasteiger partial charge is 0.361 e. The van der Waals surface area contributed by atoms with Crippen LogP contribution in [-0.2, 0) is 5.75 Å². The maximum atomic E-state index is 11.5. The molecule has 0 aliphatic rings. The van der Waals surface area contributed by atoms with E-state index in [0.29, 0.717) is 23.9 Å². The van der Waals surface area contributed by atoms with Gasteiger partial charge in [-0.25, -0.2) is 0 Å². The molecular formula is C15H17Cl3N2O2S. The van der Waals surface area contributed by atoms with Crippen LogP contribution in [0.1, 0.15) is 19.4 Å². The number of allylic oxidation sites excluding steroid dienone is 1. The van der Waals surface area contributed by atoms with Gasteiger partial charge in [-0.05, 0) is 19.4 Å². The maximum Gasteiger partial charge on any atom is 0.319 e. The van der Waals surface area contributed by atoms with E-state index in [0.717, 1.165) is 5.56 Å². The summed E-state index contributed by atoms with van der Waals surface area (Å²) in [6.45, 7) is 5.05. The first-order valence-electron chi connectivity index (χ1n) is 6.93. The van der Waals surface area contributed by atoms with E-state index in [2.05, 4.69) is 0 Å². The van der Waals surface area contributed by atoms with Gasteiger partial charge in [0.15, 0.2) is 10.1 Å². The summed E-state index contributed by atoms with van der Waals surface area (Å²) in [5.74, 6) is 0.577. The van der Waals surface area contributed by atoms with Crippen LogP contribution in [0.4, 0.5) is 0 Å². The van der Waals surface area contributed by atoms with E-state index in [4.69, 9.17) is 34.8 Å². The van der Waals surface area contributed by atoms with Gasteiger partial charge in [-0.3, -0.25) is 10.1 Å². The van der Waals surface area contributed by atoms with Gasteiger partial charge in [0, 0.05) is 18.8 Å². The van der Waals surface area contributed by atoms with Gasteiger partial charge in [0.25, 0.3) is 0 Å². The molecular weight excluding hydrogens is 379 g/mol. The van der Waals surface area contributed by atoms with Crippen LogP contribution in [0, 0.1) is 10.1 Å². The molecule has 0 fully saturated rings. The lowest BCUT2D eigenvalue weighted by molar-refractivity contribution is -0.421. The van der Waals surface area contributed by atoms with Crippen LogP contribution in [0.25, 0.3) is 0 Å². The van der Waals surface area contributed by atoms with Gasteiger partial charge in [0.2, 0.25) is 0 Å². The normalized spacial score (nSPS) is 11.7. The highest BCUT2D eigenvalue weighted by molar-refractivity contribution is 8.02. The van der Waals surface area contributed by atoms with E-state index in [9.17, 15) is 10.1 Å². The molecule has 0 aliphatic carbocycles. The van der Waals surface area contributed by atoms with Gasteiger partial charge in [0.1, 0.15) is 4.49 Å². The van der Waals surface area contributed by atoms with E-state index >= 15 is 0 Å². The molecule has 126 valence electrons. The number of hydrogen-bond acceptors (Lipinski definition) is 4. The number of nitro groups is 1. The third-order valence-electron chi connectivity index (χ3n) is 3.03. The standard InChI is InChI=1S/C15H17Cl3N2O2S/c1-3-19(4-2)15(13(20(21)22)12(16)14(17)18)23-10-11-8-6-5-7-9-11/h5-9H,3-4,10H2,1-2H3/b15-13+. The van der Waals surface area contributed by atoms with Gasteiger partial charge in [-0.1, -0.05) is 76.9 Å².